The second-order valence-corrected chi connectivity index (χ2v) is 9.68. The molecule has 0 unspecified atom stereocenters. The molecule has 0 aliphatic heterocycles. The Morgan fingerprint density at radius 2 is 1.81 bits per heavy atom. The van der Waals surface area contributed by atoms with E-state index in [9.17, 15) is 13.2 Å². The van der Waals surface area contributed by atoms with Gasteiger partial charge in [0.05, 0.1) is 10.6 Å². The van der Waals surface area contributed by atoms with E-state index in [-0.39, 0.29) is 17.3 Å². The van der Waals surface area contributed by atoms with Crippen molar-refractivity contribution in [3.05, 3.63) is 65.2 Å². The number of thiazole rings is 1. The Balaban J connectivity index is 1.43. The molecule has 4 aromatic rings. The Hall–Kier alpha value is -3.08. The lowest BCUT2D eigenvalue weighted by Crippen LogP contribution is -2.26. The Morgan fingerprint density at radius 3 is 2.48 bits per heavy atom. The van der Waals surface area contributed by atoms with E-state index in [1.807, 2.05) is 36.6 Å². The number of aromatic nitrogens is 3. The van der Waals surface area contributed by atoms with E-state index in [2.05, 4.69) is 20.1 Å². The molecule has 4 rings (SSSR count). The zero-order chi connectivity index (χ0) is 22.0. The summed E-state index contributed by atoms with van der Waals surface area (Å²) in [5.74, 6) is 0.433. The lowest BCUT2D eigenvalue weighted by atomic mass is 10.1. The van der Waals surface area contributed by atoms with Crippen LogP contribution in [0.1, 0.15) is 18.2 Å². The quantitative estimate of drug-likeness (QED) is 0.445. The number of hydrogen-bond acceptors (Lipinski definition) is 6. The van der Waals surface area contributed by atoms with Gasteiger partial charge in [-0.25, -0.2) is 17.7 Å². The summed E-state index contributed by atoms with van der Waals surface area (Å²) in [6.07, 6.45) is 0.472. The summed E-state index contributed by atoms with van der Waals surface area (Å²) < 4.78 is 29.5. The number of sulfonamides is 1. The summed E-state index contributed by atoms with van der Waals surface area (Å²) in [7, 11) is -3.66. The van der Waals surface area contributed by atoms with Crippen molar-refractivity contribution in [2.45, 2.75) is 25.2 Å². The average molecular weight is 456 g/mol. The molecule has 0 aliphatic rings. The lowest BCUT2D eigenvalue weighted by Gasteiger charge is -2.08. The topological polar surface area (TPSA) is 105 Å². The molecule has 0 aliphatic carbocycles. The van der Waals surface area contributed by atoms with Crippen molar-refractivity contribution in [2.75, 3.05) is 11.9 Å². The highest BCUT2D eigenvalue weighted by molar-refractivity contribution is 7.89. The number of nitrogens with zero attached hydrogens (tertiary/aromatic N) is 3. The SMILES string of the molecule is CC(=O)Nc1ccc(S(=O)(=O)NCCc2csc3nc(-c4ccc(C)cc4)nn23)cc1. The van der Waals surface area contributed by atoms with Crippen molar-refractivity contribution in [1.82, 2.24) is 19.3 Å². The van der Waals surface area contributed by atoms with E-state index in [0.717, 1.165) is 16.2 Å². The van der Waals surface area contributed by atoms with Gasteiger partial charge in [0.25, 0.3) is 0 Å². The highest BCUT2D eigenvalue weighted by Crippen LogP contribution is 2.21. The number of carbonyl (C=O) groups is 1. The van der Waals surface area contributed by atoms with Crippen LogP contribution in [-0.2, 0) is 21.2 Å². The normalized spacial score (nSPS) is 11.7. The second-order valence-electron chi connectivity index (χ2n) is 7.08. The number of anilines is 1. The monoisotopic (exact) mass is 455 g/mol. The van der Waals surface area contributed by atoms with Gasteiger partial charge in [0.15, 0.2) is 5.82 Å². The van der Waals surface area contributed by atoms with Gasteiger partial charge in [-0.2, -0.15) is 4.98 Å². The maximum atomic E-state index is 12.5. The number of amides is 1. The van der Waals surface area contributed by atoms with Crippen LogP contribution in [0.4, 0.5) is 5.69 Å². The largest absolute Gasteiger partial charge is 0.326 e. The van der Waals surface area contributed by atoms with Crippen LogP contribution >= 0.6 is 11.3 Å². The summed E-state index contributed by atoms with van der Waals surface area (Å²) in [5.41, 5.74) is 3.54. The summed E-state index contributed by atoms with van der Waals surface area (Å²) >= 11 is 1.47. The van der Waals surface area contributed by atoms with Crippen LogP contribution in [0.2, 0.25) is 0 Å². The van der Waals surface area contributed by atoms with E-state index >= 15 is 0 Å². The first-order chi connectivity index (χ1) is 14.8. The van der Waals surface area contributed by atoms with E-state index in [1.165, 1.54) is 36.0 Å². The van der Waals surface area contributed by atoms with Gasteiger partial charge in [-0.15, -0.1) is 16.4 Å². The first kappa shape index (κ1) is 21.2. The Kier molecular flexibility index (Phi) is 5.86. The van der Waals surface area contributed by atoms with Crippen LogP contribution in [0.15, 0.2) is 58.8 Å². The maximum absolute atomic E-state index is 12.5. The molecule has 2 N–H and O–H groups in total. The summed E-state index contributed by atoms with van der Waals surface area (Å²) in [6.45, 7) is 3.65. The number of carbonyl (C=O) groups excluding carboxylic acids is 1. The number of nitrogens with one attached hydrogen (secondary N) is 2. The fourth-order valence-electron chi connectivity index (χ4n) is 3.04. The maximum Gasteiger partial charge on any atom is 0.240 e. The van der Waals surface area contributed by atoms with Crippen LogP contribution in [0.5, 0.6) is 0 Å². The molecule has 0 bridgehead atoms. The molecule has 0 saturated heterocycles. The molecule has 2 aromatic heterocycles. The molecule has 160 valence electrons. The van der Waals surface area contributed by atoms with Crippen molar-refractivity contribution in [3.63, 3.8) is 0 Å². The van der Waals surface area contributed by atoms with E-state index in [0.29, 0.717) is 17.9 Å². The van der Waals surface area contributed by atoms with Gasteiger partial charge in [-0.05, 0) is 31.2 Å². The van der Waals surface area contributed by atoms with Crippen LogP contribution < -0.4 is 10.0 Å². The van der Waals surface area contributed by atoms with Crippen LogP contribution in [0.3, 0.4) is 0 Å². The molecule has 31 heavy (non-hydrogen) atoms. The van der Waals surface area contributed by atoms with Crippen molar-refractivity contribution in [3.8, 4) is 11.4 Å². The van der Waals surface area contributed by atoms with Gasteiger partial charge < -0.3 is 5.32 Å². The standard InChI is InChI=1S/C21H21N5O3S2/c1-14-3-5-16(6-4-14)20-24-21-26(25-20)18(13-30-21)11-12-22-31(28,29)19-9-7-17(8-10-19)23-15(2)27/h3-10,13,22H,11-12H2,1-2H3,(H,23,27). The molecular weight excluding hydrogens is 434 g/mol. The first-order valence-electron chi connectivity index (χ1n) is 9.59. The van der Waals surface area contributed by atoms with Gasteiger partial charge in [0, 0.05) is 36.5 Å². The van der Waals surface area contributed by atoms with Crippen molar-refractivity contribution in [1.29, 1.82) is 0 Å². The Bertz CT molecular complexity index is 1320. The minimum Gasteiger partial charge on any atom is -0.326 e. The molecular formula is C21H21N5O3S2. The van der Waals surface area contributed by atoms with Gasteiger partial charge in [-0.3, -0.25) is 4.79 Å². The third kappa shape index (κ3) is 4.82. The number of benzene rings is 2. The van der Waals surface area contributed by atoms with E-state index in [1.54, 1.807) is 16.6 Å². The van der Waals surface area contributed by atoms with Crippen molar-refractivity contribution < 1.29 is 13.2 Å². The summed E-state index contributed by atoms with van der Waals surface area (Å²) in [5, 5.41) is 9.13. The third-order valence-electron chi connectivity index (χ3n) is 4.62. The zero-order valence-corrected chi connectivity index (χ0v) is 18.6. The number of aryl methyl sites for hydroxylation is 1. The highest BCUT2D eigenvalue weighted by Gasteiger charge is 2.15. The minimum atomic E-state index is -3.66. The van der Waals surface area contributed by atoms with Gasteiger partial charge in [-0.1, -0.05) is 29.8 Å². The van der Waals surface area contributed by atoms with Crippen LogP contribution in [0.25, 0.3) is 16.3 Å². The molecule has 10 heteroatoms. The summed E-state index contributed by atoms with van der Waals surface area (Å²) in [4.78, 5) is 16.6. The molecule has 0 fully saturated rings. The van der Waals surface area contributed by atoms with Crippen LogP contribution in [0, 0.1) is 6.92 Å². The number of hydrogen-bond donors (Lipinski definition) is 2. The lowest BCUT2D eigenvalue weighted by molar-refractivity contribution is -0.114. The summed E-state index contributed by atoms with van der Waals surface area (Å²) in [6, 6.07) is 14.0. The fourth-order valence-corrected chi connectivity index (χ4v) is 4.93. The molecule has 1 amide bonds. The first-order valence-corrected chi connectivity index (χ1v) is 12.0. The average Bonchev–Trinajstić information content (AvgIpc) is 3.30. The Morgan fingerprint density at radius 1 is 1.10 bits per heavy atom. The van der Waals surface area contributed by atoms with E-state index < -0.39 is 10.0 Å². The molecule has 0 radical (unpaired) electrons. The van der Waals surface area contributed by atoms with Gasteiger partial charge in [0.1, 0.15) is 0 Å². The second kappa shape index (κ2) is 8.58. The predicted molar refractivity (Wildman–Crippen MR) is 121 cm³/mol. The molecule has 0 saturated carbocycles. The fraction of sp³-hybridized carbons (Fsp3) is 0.190. The molecule has 0 atom stereocenters. The zero-order valence-electron chi connectivity index (χ0n) is 17.0. The Labute approximate surface area is 184 Å². The molecule has 8 nitrogen and oxygen atoms in total. The van der Waals surface area contributed by atoms with Gasteiger partial charge in [0.2, 0.25) is 20.9 Å². The molecule has 2 aromatic carbocycles. The minimum absolute atomic E-state index is 0.138. The van der Waals surface area contributed by atoms with E-state index in [4.69, 9.17) is 0 Å². The molecule has 0 spiro atoms. The van der Waals surface area contributed by atoms with Crippen LogP contribution in [-0.4, -0.2) is 35.5 Å². The third-order valence-corrected chi connectivity index (χ3v) is 6.96. The predicted octanol–water partition coefficient (Wildman–Crippen LogP) is 3.25. The number of rotatable bonds is 7. The van der Waals surface area contributed by atoms with Crippen molar-refractivity contribution in [2.24, 2.45) is 0 Å². The molecule has 2 heterocycles. The highest BCUT2D eigenvalue weighted by atomic mass is 32.2. The van der Waals surface area contributed by atoms with Gasteiger partial charge >= 0.3 is 0 Å². The smallest absolute Gasteiger partial charge is 0.240 e. The number of fused-ring (bicyclic) bond motifs is 1. The van der Waals surface area contributed by atoms with Crippen molar-refractivity contribution >= 4 is 37.9 Å².